The van der Waals surface area contributed by atoms with Crippen molar-refractivity contribution >= 4 is 11.5 Å². The van der Waals surface area contributed by atoms with Crippen molar-refractivity contribution in [3.63, 3.8) is 0 Å². The van der Waals surface area contributed by atoms with Gasteiger partial charge in [-0.3, -0.25) is 4.79 Å². The van der Waals surface area contributed by atoms with Crippen LogP contribution in [0, 0.1) is 5.82 Å². The van der Waals surface area contributed by atoms with Crippen molar-refractivity contribution in [3.8, 4) is 5.75 Å². The van der Waals surface area contributed by atoms with Gasteiger partial charge in [0.05, 0.1) is 12.8 Å². The fraction of sp³-hybridized carbons (Fsp3) is 0.150. The first-order valence-corrected chi connectivity index (χ1v) is 7.87. The highest BCUT2D eigenvalue weighted by Crippen LogP contribution is 2.20. The first-order valence-electron chi connectivity index (χ1n) is 7.87. The predicted octanol–water partition coefficient (Wildman–Crippen LogP) is 3.58. The molecule has 3 aromatic rings. The number of carbonyl (C=O) groups excluding carboxylic acids is 1. The topological polar surface area (TPSA) is 57.2 Å². The molecule has 0 aliphatic carbocycles. The monoisotopic (exact) mass is 338 g/mol. The molecule has 2 aromatic carbocycles. The van der Waals surface area contributed by atoms with Crippen LogP contribution in [-0.2, 0) is 13.5 Å². The molecule has 0 saturated carbocycles. The number of benzene rings is 2. The molecule has 0 spiro atoms. The molecule has 0 radical (unpaired) electrons. The zero-order valence-corrected chi connectivity index (χ0v) is 14.1. The maximum atomic E-state index is 14.0. The highest BCUT2D eigenvalue weighted by molar-refractivity contribution is 6.08. The number of ether oxygens (including phenoxy) is 1. The van der Waals surface area contributed by atoms with E-state index in [1.807, 2.05) is 6.07 Å². The van der Waals surface area contributed by atoms with Crippen LogP contribution in [0.4, 0.5) is 10.1 Å². The maximum absolute atomic E-state index is 14.0. The van der Waals surface area contributed by atoms with Crippen LogP contribution >= 0.6 is 0 Å². The number of nitrogens with zero attached hydrogens (tertiary/aromatic N) is 1. The standard InChI is InChI=1S/C20H19FN2O2/c1-23-16(11-14-3-6-15(22)12-18(14)21)7-10-19(23)20(24)13-4-8-17(25-2)9-5-13/h3-10,12H,11,22H2,1-2H3. The van der Waals surface area contributed by atoms with E-state index < -0.39 is 0 Å². The SMILES string of the molecule is COc1ccc(C(=O)c2ccc(Cc3ccc(N)cc3F)n2C)cc1. The van der Waals surface area contributed by atoms with Gasteiger partial charge in [0.25, 0.3) is 0 Å². The Bertz CT molecular complexity index is 914. The van der Waals surface area contributed by atoms with Crippen molar-refractivity contribution in [1.82, 2.24) is 4.57 Å². The summed E-state index contributed by atoms with van der Waals surface area (Å²) in [6, 6.07) is 15.2. The molecule has 4 nitrogen and oxygen atoms in total. The number of nitrogens with two attached hydrogens (primary N) is 1. The molecule has 0 fully saturated rings. The Morgan fingerprint density at radius 1 is 1.12 bits per heavy atom. The average Bonchev–Trinajstić information content (AvgIpc) is 2.97. The zero-order valence-electron chi connectivity index (χ0n) is 14.1. The summed E-state index contributed by atoms with van der Waals surface area (Å²) in [6.45, 7) is 0. The van der Waals surface area contributed by atoms with E-state index in [1.54, 1.807) is 61.2 Å². The lowest BCUT2D eigenvalue weighted by Crippen LogP contribution is -2.10. The maximum Gasteiger partial charge on any atom is 0.209 e. The molecule has 0 aliphatic rings. The minimum Gasteiger partial charge on any atom is -0.497 e. The van der Waals surface area contributed by atoms with Gasteiger partial charge in [-0.05, 0) is 54.1 Å². The van der Waals surface area contributed by atoms with Gasteiger partial charge in [0, 0.05) is 30.4 Å². The molecule has 5 heteroatoms. The fourth-order valence-corrected chi connectivity index (χ4v) is 2.75. The molecule has 0 amide bonds. The molecule has 2 N–H and O–H groups in total. The van der Waals surface area contributed by atoms with E-state index >= 15 is 0 Å². The summed E-state index contributed by atoms with van der Waals surface area (Å²) in [5.41, 5.74) is 8.49. The van der Waals surface area contributed by atoms with Crippen molar-refractivity contribution in [2.75, 3.05) is 12.8 Å². The molecule has 0 atom stereocenters. The number of carbonyl (C=O) groups is 1. The summed E-state index contributed by atoms with van der Waals surface area (Å²) in [4.78, 5) is 12.7. The van der Waals surface area contributed by atoms with Gasteiger partial charge < -0.3 is 15.0 Å². The molecule has 3 rings (SSSR count). The van der Waals surface area contributed by atoms with Gasteiger partial charge in [-0.2, -0.15) is 0 Å². The van der Waals surface area contributed by atoms with Gasteiger partial charge >= 0.3 is 0 Å². The third-order valence-electron chi connectivity index (χ3n) is 4.26. The Morgan fingerprint density at radius 3 is 2.48 bits per heavy atom. The summed E-state index contributed by atoms with van der Waals surface area (Å²) in [5, 5.41) is 0. The van der Waals surface area contributed by atoms with Crippen molar-refractivity contribution in [1.29, 1.82) is 0 Å². The van der Waals surface area contributed by atoms with Crippen LogP contribution in [0.25, 0.3) is 0 Å². The first kappa shape index (κ1) is 16.8. The summed E-state index contributed by atoms with van der Waals surface area (Å²) < 4.78 is 20.9. The number of rotatable bonds is 5. The molecule has 0 aliphatic heterocycles. The molecular weight excluding hydrogens is 319 g/mol. The van der Waals surface area contributed by atoms with Gasteiger partial charge in [0.2, 0.25) is 5.78 Å². The normalized spacial score (nSPS) is 10.7. The minimum absolute atomic E-state index is 0.0887. The van der Waals surface area contributed by atoms with Crippen molar-refractivity contribution in [3.05, 3.63) is 82.9 Å². The zero-order chi connectivity index (χ0) is 18.0. The van der Waals surface area contributed by atoms with Crippen LogP contribution in [0.2, 0.25) is 0 Å². The molecule has 128 valence electrons. The van der Waals surface area contributed by atoms with Crippen molar-refractivity contribution in [2.24, 2.45) is 7.05 Å². The summed E-state index contributed by atoms with van der Waals surface area (Å²) in [6.07, 6.45) is 0.387. The van der Waals surface area contributed by atoms with E-state index in [2.05, 4.69) is 0 Å². The van der Waals surface area contributed by atoms with Crippen LogP contribution in [0.15, 0.2) is 54.6 Å². The molecule has 1 heterocycles. The third kappa shape index (κ3) is 3.40. The van der Waals surface area contributed by atoms with E-state index in [-0.39, 0.29) is 11.6 Å². The molecule has 0 unspecified atom stereocenters. The van der Waals surface area contributed by atoms with Gasteiger partial charge in [-0.1, -0.05) is 6.07 Å². The number of anilines is 1. The van der Waals surface area contributed by atoms with Gasteiger partial charge in [0.1, 0.15) is 11.6 Å². The number of hydrogen-bond acceptors (Lipinski definition) is 3. The van der Waals surface area contributed by atoms with Gasteiger partial charge in [0.15, 0.2) is 0 Å². The summed E-state index contributed by atoms with van der Waals surface area (Å²) >= 11 is 0. The van der Waals surface area contributed by atoms with Crippen LogP contribution < -0.4 is 10.5 Å². The Morgan fingerprint density at radius 2 is 1.84 bits per heavy atom. The van der Waals surface area contributed by atoms with Gasteiger partial charge in [-0.15, -0.1) is 0 Å². The second-order valence-corrected chi connectivity index (χ2v) is 5.85. The lowest BCUT2D eigenvalue weighted by Gasteiger charge is -2.09. The molecular formula is C20H19FN2O2. The predicted molar refractivity (Wildman–Crippen MR) is 95.5 cm³/mol. The number of nitrogen functional groups attached to an aromatic ring is 1. The molecule has 0 bridgehead atoms. The lowest BCUT2D eigenvalue weighted by molar-refractivity contribution is 0.103. The Hall–Kier alpha value is -3.08. The highest BCUT2D eigenvalue weighted by Gasteiger charge is 2.16. The van der Waals surface area contributed by atoms with Gasteiger partial charge in [-0.25, -0.2) is 4.39 Å². The largest absolute Gasteiger partial charge is 0.497 e. The molecule has 0 saturated heterocycles. The summed E-state index contributed by atoms with van der Waals surface area (Å²) in [5.74, 6) is 0.265. The Balaban J connectivity index is 1.86. The number of halogens is 1. The minimum atomic E-state index is -0.343. The van der Waals surface area contributed by atoms with E-state index in [1.165, 1.54) is 6.07 Å². The van der Waals surface area contributed by atoms with Crippen LogP contribution in [0.1, 0.15) is 27.3 Å². The van der Waals surface area contributed by atoms with Crippen molar-refractivity contribution < 1.29 is 13.9 Å². The van der Waals surface area contributed by atoms with E-state index in [4.69, 9.17) is 10.5 Å². The van der Waals surface area contributed by atoms with Crippen LogP contribution in [0.3, 0.4) is 0 Å². The number of methoxy groups -OCH3 is 1. The second kappa shape index (κ2) is 6.81. The van der Waals surface area contributed by atoms with Crippen LogP contribution in [-0.4, -0.2) is 17.5 Å². The average molecular weight is 338 g/mol. The van der Waals surface area contributed by atoms with Crippen LogP contribution in [0.5, 0.6) is 5.75 Å². The highest BCUT2D eigenvalue weighted by atomic mass is 19.1. The quantitative estimate of drug-likeness (QED) is 0.571. The lowest BCUT2D eigenvalue weighted by atomic mass is 10.1. The molecule has 25 heavy (non-hydrogen) atoms. The second-order valence-electron chi connectivity index (χ2n) is 5.85. The third-order valence-corrected chi connectivity index (χ3v) is 4.26. The summed E-state index contributed by atoms with van der Waals surface area (Å²) in [7, 11) is 3.39. The number of aromatic nitrogens is 1. The fourth-order valence-electron chi connectivity index (χ4n) is 2.75. The Kier molecular flexibility index (Phi) is 4.57. The Labute approximate surface area is 145 Å². The number of ketones is 1. The molecule has 1 aromatic heterocycles. The van der Waals surface area contributed by atoms with E-state index in [9.17, 15) is 9.18 Å². The number of hydrogen-bond donors (Lipinski definition) is 1. The smallest absolute Gasteiger partial charge is 0.209 e. The van der Waals surface area contributed by atoms with Crippen molar-refractivity contribution in [2.45, 2.75) is 6.42 Å². The first-order chi connectivity index (χ1) is 12.0. The van der Waals surface area contributed by atoms with E-state index in [0.717, 1.165) is 5.69 Å². The van der Waals surface area contributed by atoms with E-state index in [0.29, 0.717) is 34.7 Å².